The number of amides is 1. The number of likely N-dealkylation sites (tertiary alicyclic amines) is 1. The van der Waals surface area contributed by atoms with Crippen molar-refractivity contribution in [3.05, 3.63) is 59.7 Å². The molecule has 1 amide bonds. The summed E-state index contributed by atoms with van der Waals surface area (Å²) in [6, 6.07) is 15.0. The summed E-state index contributed by atoms with van der Waals surface area (Å²) in [6.07, 6.45) is 3.67. The van der Waals surface area contributed by atoms with Crippen molar-refractivity contribution in [2.75, 3.05) is 20.8 Å². The van der Waals surface area contributed by atoms with Crippen LogP contribution in [0.2, 0.25) is 0 Å². The predicted molar refractivity (Wildman–Crippen MR) is 127 cm³/mol. The van der Waals surface area contributed by atoms with Gasteiger partial charge in [0, 0.05) is 6.04 Å². The van der Waals surface area contributed by atoms with Crippen LogP contribution in [0.5, 0.6) is 11.5 Å². The summed E-state index contributed by atoms with van der Waals surface area (Å²) in [4.78, 5) is 27.9. The molecule has 6 heteroatoms. The van der Waals surface area contributed by atoms with Crippen LogP contribution in [0, 0.1) is 5.92 Å². The number of methoxy groups -OCH3 is 2. The minimum Gasteiger partial charge on any atom is -0.497 e. The van der Waals surface area contributed by atoms with Gasteiger partial charge in [-0.3, -0.25) is 4.79 Å². The van der Waals surface area contributed by atoms with Crippen LogP contribution in [-0.2, 0) is 27.2 Å². The van der Waals surface area contributed by atoms with E-state index in [1.165, 1.54) is 0 Å². The number of benzene rings is 2. The molecule has 0 spiro atoms. The fourth-order valence-corrected chi connectivity index (χ4v) is 4.40. The molecule has 3 rings (SSSR count). The number of hydrogen-bond donors (Lipinski definition) is 0. The third-order valence-electron chi connectivity index (χ3n) is 6.33. The van der Waals surface area contributed by atoms with E-state index in [0.717, 1.165) is 35.5 Å². The standard InChI is InChI=1S/C27H35NO5/c1-5-7-16-33-27(30)25-24(6-2)26(29)28(25)21(17-19-8-12-22(31-3)13-9-19)18-20-10-14-23(32-4)15-11-20/h8-15,21,24-25H,5-7,16-18H2,1-4H3. The Balaban J connectivity index is 1.85. The quantitative estimate of drug-likeness (QED) is 0.270. The molecule has 0 aromatic heterocycles. The number of unbranched alkanes of at least 4 members (excludes halogenated alkanes) is 1. The molecule has 2 aromatic carbocycles. The lowest BCUT2D eigenvalue weighted by Gasteiger charge is -2.49. The number of hydrogen-bond acceptors (Lipinski definition) is 5. The van der Waals surface area contributed by atoms with Gasteiger partial charge in [-0.1, -0.05) is 44.5 Å². The van der Waals surface area contributed by atoms with Crippen molar-refractivity contribution in [2.45, 2.75) is 58.0 Å². The van der Waals surface area contributed by atoms with Crippen molar-refractivity contribution in [1.29, 1.82) is 0 Å². The van der Waals surface area contributed by atoms with Gasteiger partial charge in [-0.15, -0.1) is 0 Å². The second kappa shape index (κ2) is 11.7. The van der Waals surface area contributed by atoms with Gasteiger partial charge in [0.25, 0.3) is 0 Å². The van der Waals surface area contributed by atoms with Gasteiger partial charge in [-0.2, -0.15) is 0 Å². The Labute approximate surface area is 196 Å². The Morgan fingerprint density at radius 1 is 0.909 bits per heavy atom. The summed E-state index contributed by atoms with van der Waals surface area (Å²) in [6.45, 7) is 4.40. The van der Waals surface area contributed by atoms with Gasteiger partial charge >= 0.3 is 5.97 Å². The zero-order chi connectivity index (χ0) is 23.8. The average molecular weight is 454 g/mol. The van der Waals surface area contributed by atoms with Gasteiger partial charge in [0.2, 0.25) is 5.91 Å². The zero-order valence-corrected chi connectivity index (χ0v) is 20.1. The zero-order valence-electron chi connectivity index (χ0n) is 20.1. The highest BCUT2D eigenvalue weighted by molar-refractivity contribution is 5.97. The van der Waals surface area contributed by atoms with E-state index in [0.29, 0.717) is 25.9 Å². The highest BCUT2D eigenvalue weighted by Crippen LogP contribution is 2.35. The molecule has 0 saturated carbocycles. The van der Waals surface area contributed by atoms with E-state index in [4.69, 9.17) is 14.2 Å². The highest BCUT2D eigenvalue weighted by atomic mass is 16.5. The van der Waals surface area contributed by atoms with Crippen molar-refractivity contribution in [3.8, 4) is 11.5 Å². The molecule has 1 saturated heterocycles. The lowest BCUT2D eigenvalue weighted by atomic mass is 9.81. The number of nitrogens with zero attached hydrogens (tertiary/aromatic N) is 1. The van der Waals surface area contributed by atoms with Gasteiger partial charge in [-0.25, -0.2) is 4.79 Å². The fraction of sp³-hybridized carbons (Fsp3) is 0.481. The number of carbonyl (C=O) groups excluding carboxylic acids is 2. The van der Waals surface area contributed by atoms with Crippen molar-refractivity contribution in [3.63, 3.8) is 0 Å². The Morgan fingerprint density at radius 3 is 1.85 bits per heavy atom. The molecule has 1 aliphatic rings. The van der Waals surface area contributed by atoms with Gasteiger partial charge in [0.15, 0.2) is 0 Å². The summed E-state index contributed by atoms with van der Waals surface area (Å²) in [5.41, 5.74) is 2.17. The molecule has 33 heavy (non-hydrogen) atoms. The molecule has 0 aliphatic carbocycles. The predicted octanol–water partition coefficient (Wildman–Crippen LogP) is 4.44. The largest absolute Gasteiger partial charge is 0.497 e. The van der Waals surface area contributed by atoms with Crippen LogP contribution in [0.25, 0.3) is 0 Å². The van der Waals surface area contributed by atoms with Crippen LogP contribution in [-0.4, -0.2) is 49.7 Å². The van der Waals surface area contributed by atoms with Gasteiger partial charge < -0.3 is 19.1 Å². The molecule has 2 atom stereocenters. The maximum absolute atomic E-state index is 13.1. The second-order valence-corrected chi connectivity index (χ2v) is 8.48. The first kappa shape index (κ1) is 24.6. The summed E-state index contributed by atoms with van der Waals surface area (Å²) in [5.74, 6) is 1.00. The van der Waals surface area contributed by atoms with Crippen molar-refractivity contribution >= 4 is 11.9 Å². The molecule has 2 unspecified atom stereocenters. The van der Waals surface area contributed by atoms with E-state index in [2.05, 4.69) is 6.92 Å². The van der Waals surface area contributed by atoms with Crippen LogP contribution < -0.4 is 9.47 Å². The topological polar surface area (TPSA) is 65.1 Å². The molecule has 0 N–H and O–H groups in total. The molecular formula is C27H35NO5. The molecule has 2 aromatic rings. The van der Waals surface area contributed by atoms with Crippen LogP contribution in [0.4, 0.5) is 0 Å². The number of β-lactam (4-membered cyclic amide) rings is 1. The molecule has 1 fully saturated rings. The maximum atomic E-state index is 13.1. The van der Waals surface area contributed by atoms with Gasteiger partial charge in [0.05, 0.1) is 26.7 Å². The van der Waals surface area contributed by atoms with Gasteiger partial charge in [0.1, 0.15) is 17.5 Å². The molecule has 0 bridgehead atoms. The fourth-order valence-electron chi connectivity index (χ4n) is 4.40. The molecule has 0 radical (unpaired) electrons. The number of esters is 1. The monoisotopic (exact) mass is 453 g/mol. The normalized spacial score (nSPS) is 17.6. The van der Waals surface area contributed by atoms with Crippen LogP contribution >= 0.6 is 0 Å². The Bertz CT molecular complexity index is 860. The summed E-state index contributed by atoms with van der Waals surface area (Å²) >= 11 is 0. The first-order valence-electron chi connectivity index (χ1n) is 11.8. The van der Waals surface area contributed by atoms with E-state index >= 15 is 0 Å². The van der Waals surface area contributed by atoms with Crippen LogP contribution in [0.15, 0.2) is 48.5 Å². The minimum atomic E-state index is -0.527. The molecule has 6 nitrogen and oxygen atoms in total. The van der Waals surface area contributed by atoms with Crippen molar-refractivity contribution < 1.29 is 23.8 Å². The average Bonchev–Trinajstić information content (AvgIpc) is 2.83. The smallest absolute Gasteiger partial charge is 0.329 e. The number of rotatable bonds is 12. The van der Waals surface area contributed by atoms with Crippen molar-refractivity contribution in [2.24, 2.45) is 5.92 Å². The van der Waals surface area contributed by atoms with Crippen molar-refractivity contribution in [1.82, 2.24) is 4.90 Å². The Kier molecular flexibility index (Phi) is 8.75. The SMILES string of the molecule is CCCCOC(=O)C1C(CC)C(=O)N1C(Cc1ccc(OC)cc1)Cc1ccc(OC)cc1. The van der Waals surface area contributed by atoms with Crippen LogP contribution in [0.1, 0.15) is 44.2 Å². The lowest BCUT2D eigenvalue weighted by molar-refractivity contribution is -0.178. The van der Waals surface area contributed by atoms with E-state index < -0.39 is 6.04 Å². The first-order valence-corrected chi connectivity index (χ1v) is 11.8. The molecule has 1 aliphatic heterocycles. The molecule has 1 heterocycles. The molecule has 178 valence electrons. The number of ether oxygens (including phenoxy) is 3. The summed E-state index contributed by atoms with van der Waals surface area (Å²) < 4.78 is 16.1. The van der Waals surface area contributed by atoms with Gasteiger partial charge in [-0.05, 0) is 61.1 Å². The summed E-state index contributed by atoms with van der Waals surface area (Å²) in [7, 11) is 3.28. The highest BCUT2D eigenvalue weighted by Gasteiger charge is 2.53. The lowest BCUT2D eigenvalue weighted by Crippen LogP contribution is -2.68. The summed E-state index contributed by atoms with van der Waals surface area (Å²) in [5, 5.41) is 0. The Hall–Kier alpha value is -3.02. The third kappa shape index (κ3) is 5.86. The molecular weight excluding hydrogens is 418 g/mol. The minimum absolute atomic E-state index is 0.0296. The van der Waals surface area contributed by atoms with E-state index in [1.54, 1.807) is 19.1 Å². The maximum Gasteiger partial charge on any atom is 0.329 e. The van der Waals surface area contributed by atoms with E-state index in [1.807, 2.05) is 55.5 Å². The number of carbonyl (C=O) groups is 2. The Morgan fingerprint density at radius 2 is 1.42 bits per heavy atom. The van der Waals surface area contributed by atoms with Crippen LogP contribution in [0.3, 0.4) is 0 Å². The third-order valence-corrected chi connectivity index (χ3v) is 6.33. The first-order chi connectivity index (χ1) is 16.0. The van der Waals surface area contributed by atoms with E-state index in [9.17, 15) is 9.59 Å². The second-order valence-electron chi connectivity index (χ2n) is 8.48. The van der Waals surface area contributed by atoms with E-state index in [-0.39, 0.29) is 23.8 Å².